The highest BCUT2D eigenvalue weighted by atomic mass is 35.5. The van der Waals surface area contributed by atoms with Crippen LogP contribution in [0.25, 0.3) is 11.0 Å². The molecule has 0 amide bonds. The summed E-state index contributed by atoms with van der Waals surface area (Å²) < 4.78 is 55.2. The van der Waals surface area contributed by atoms with E-state index in [-0.39, 0.29) is 39.7 Å². The molecule has 0 spiro atoms. The molecule has 1 aliphatic carbocycles. The number of carbonyl (C=O) groups excluding carboxylic acids is 2. The van der Waals surface area contributed by atoms with Crippen molar-refractivity contribution in [1.82, 2.24) is 4.90 Å². The molecule has 57 heavy (non-hydrogen) atoms. The number of hydrogen-bond acceptors (Lipinski definition) is 10. The topological polar surface area (TPSA) is 123 Å². The highest BCUT2D eigenvalue weighted by Crippen LogP contribution is 2.40. The number of furan rings is 1. The normalized spacial score (nSPS) is 20.7. The van der Waals surface area contributed by atoms with Gasteiger partial charge >= 0.3 is 18.6 Å². The molecule has 2 N–H and O–H groups in total. The van der Waals surface area contributed by atoms with E-state index < -0.39 is 30.7 Å². The van der Waals surface area contributed by atoms with Crippen molar-refractivity contribution in [2.24, 2.45) is 11.8 Å². The molecule has 4 aliphatic rings. The average molecular weight is 823 g/mol. The first-order chi connectivity index (χ1) is 27.6. The Kier molecular flexibility index (Phi) is 12.8. The van der Waals surface area contributed by atoms with Crippen molar-refractivity contribution in [3.63, 3.8) is 0 Å². The lowest BCUT2D eigenvalue weighted by Gasteiger charge is -2.44. The average Bonchev–Trinajstić information content (AvgIpc) is 3.94. The minimum Gasteiger partial charge on any atom is -0.489 e. The molecular formula is C43H43Cl2F2N3O7. The number of ether oxygens (including phenoxy) is 4. The Morgan fingerprint density at radius 3 is 2.49 bits per heavy atom. The number of benzene rings is 3. The number of hydrogen-bond donors (Lipinski definition) is 2. The van der Waals surface area contributed by atoms with Gasteiger partial charge in [0.25, 0.3) is 0 Å². The van der Waals surface area contributed by atoms with E-state index in [0.717, 1.165) is 50.4 Å². The van der Waals surface area contributed by atoms with Gasteiger partial charge in [-0.15, -0.1) is 0 Å². The van der Waals surface area contributed by atoms with Gasteiger partial charge in [-0.2, -0.15) is 8.78 Å². The molecule has 8 rings (SSSR count). The molecule has 3 atom stereocenters. The van der Waals surface area contributed by atoms with Crippen LogP contribution in [0.3, 0.4) is 0 Å². The summed E-state index contributed by atoms with van der Waals surface area (Å²) >= 11 is 13.0. The number of esters is 2. The standard InChI is InChI=1S/C43H43Cl2F2N3O7/c1-2-33(44)32(34(45)22-48)21-37(27-8-11-36(57-43(46)47)38(20-27)54-24-25-6-7-25)55-41(51)30-4-3-5-31(19-30)49-40(29-9-10-35-28(18-29)14-17-53-35)42(52)56-39-23-50-15-12-26(39)13-16-50/h2-5,8-11,14,17-20,22,25-26,37,39-40,43,48-49H,6-7,12-13,15-16,21,23-24H2,1H3/b33-2+,34-32+,48-22?/t37-,39-,40?/m0/s1. The van der Waals surface area contributed by atoms with Gasteiger partial charge < -0.3 is 34.1 Å². The molecule has 0 radical (unpaired) electrons. The second-order valence-corrected chi connectivity index (χ2v) is 15.3. The maximum absolute atomic E-state index is 14.1. The lowest BCUT2D eigenvalue weighted by molar-refractivity contribution is -0.159. The molecule has 2 bridgehead atoms. The number of piperidine rings is 3. The third-order valence-corrected chi connectivity index (χ3v) is 11.4. The van der Waals surface area contributed by atoms with Gasteiger partial charge in [0.2, 0.25) is 0 Å². The predicted octanol–water partition coefficient (Wildman–Crippen LogP) is 10.2. The maximum Gasteiger partial charge on any atom is 0.387 e. The van der Waals surface area contributed by atoms with Gasteiger partial charge in [-0.1, -0.05) is 47.5 Å². The molecule has 300 valence electrons. The molecule has 1 unspecified atom stereocenters. The number of nitrogens with one attached hydrogen (secondary N) is 2. The Bertz CT molecular complexity index is 2160. The zero-order chi connectivity index (χ0) is 40.1. The van der Waals surface area contributed by atoms with Gasteiger partial charge in [-0.3, -0.25) is 4.90 Å². The van der Waals surface area contributed by atoms with Crippen molar-refractivity contribution in [2.45, 2.75) is 63.9 Å². The number of nitrogens with zero attached hydrogens (tertiary/aromatic N) is 1. The summed E-state index contributed by atoms with van der Waals surface area (Å²) in [6.07, 6.45) is 6.67. The van der Waals surface area contributed by atoms with Gasteiger partial charge in [0.1, 0.15) is 17.8 Å². The number of rotatable bonds is 17. The van der Waals surface area contributed by atoms with E-state index in [1.807, 2.05) is 18.2 Å². The summed E-state index contributed by atoms with van der Waals surface area (Å²) in [6.45, 7) is 1.63. The lowest BCUT2D eigenvalue weighted by Crippen LogP contribution is -2.52. The van der Waals surface area contributed by atoms with E-state index in [9.17, 15) is 18.4 Å². The summed E-state index contributed by atoms with van der Waals surface area (Å²) in [5.74, 6) is -0.642. The fraction of sp³-hybridized carbons (Fsp3) is 0.372. The summed E-state index contributed by atoms with van der Waals surface area (Å²) in [7, 11) is 0. The summed E-state index contributed by atoms with van der Waals surface area (Å²) in [4.78, 5) is 30.4. The van der Waals surface area contributed by atoms with Crippen LogP contribution >= 0.6 is 23.2 Å². The molecule has 1 aromatic heterocycles. The minimum atomic E-state index is -3.08. The Morgan fingerprint density at radius 2 is 1.79 bits per heavy atom. The highest BCUT2D eigenvalue weighted by Gasteiger charge is 2.38. The number of anilines is 1. The van der Waals surface area contributed by atoms with Crippen LogP contribution in [-0.2, 0) is 14.3 Å². The Labute approximate surface area is 339 Å². The van der Waals surface area contributed by atoms with E-state index >= 15 is 0 Å². The first-order valence-corrected chi connectivity index (χ1v) is 19.7. The minimum absolute atomic E-state index is 0.0259. The number of halogens is 4. The molecule has 3 aliphatic heterocycles. The van der Waals surface area contributed by atoms with Crippen LogP contribution in [-0.4, -0.2) is 62.0 Å². The predicted molar refractivity (Wildman–Crippen MR) is 213 cm³/mol. The van der Waals surface area contributed by atoms with E-state index in [1.165, 1.54) is 18.2 Å². The van der Waals surface area contributed by atoms with Gasteiger partial charge in [-0.05, 0) is 123 Å². The molecule has 1 saturated carbocycles. The first kappa shape index (κ1) is 40.3. The summed E-state index contributed by atoms with van der Waals surface area (Å²) in [5, 5.41) is 12.2. The van der Waals surface area contributed by atoms with Crippen molar-refractivity contribution in [3.05, 3.63) is 111 Å². The summed E-state index contributed by atoms with van der Waals surface area (Å²) in [5.41, 5.74) is 2.67. The van der Waals surface area contributed by atoms with Gasteiger partial charge in [0.15, 0.2) is 17.5 Å². The first-order valence-electron chi connectivity index (χ1n) is 19.0. The quantitative estimate of drug-likeness (QED) is 0.0609. The van der Waals surface area contributed by atoms with E-state index in [2.05, 4.69) is 10.2 Å². The fourth-order valence-corrected chi connectivity index (χ4v) is 7.72. The van der Waals surface area contributed by atoms with E-state index in [4.69, 9.17) is 52.0 Å². The Balaban J connectivity index is 1.17. The Hall–Kier alpha value is -4.91. The monoisotopic (exact) mass is 821 g/mol. The highest BCUT2D eigenvalue weighted by molar-refractivity contribution is 6.41. The Morgan fingerprint density at radius 1 is 1.00 bits per heavy atom. The molecule has 3 aromatic carbocycles. The number of carbonyl (C=O) groups is 2. The van der Waals surface area contributed by atoms with Crippen LogP contribution in [0.2, 0.25) is 0 Å². The number of allylic oxidation sites excluding steroid dienone is 3. The van der Waals surface area contributed by atoms with Crippen LogP contribution < -0.4 is 14.8 Å². The zero-order valence-electron chi connectivity index (χ0n) is 31.2. The van der Waals surface area contributed by atoms with E-state index in [0.29, 0.717) is 53.0 Å². The lowest BCUT2D eigenvalue weighted by atomic mass is 9.86. The second kappa shape index (κ2) is 18.1. The van der Waals surface area contributed by atoms with E-state index in [1.54, 1.807) is 49.6 Å². The molecule has 10 nitrogen and oxygen atoms in total. The third kappa shape index (κ3) is 9.98. The third-order valence-electron chi connectivity index (χ3n) is 10.6. The van der Waals surface area contributed by atoms with Crippen molar-refractivity contribution in [1.29, 1.82) is 5.41 Å². The van der Waals surface area contributed by atoms with Crippen LogP contribution in [0.1, 0.15) is 72.7 Å². The molecule has 4 aromatic rings. The van der Waals surface area contributed by atoms with Crippen molar-refractivity contribution >= 4 is 58.0 Å². The largest absolute Gasteiger partial charge is 0.489 e. The van der Waals surface area contributed by atoms with Crippen molar-refractivity contribution in [3.8, 4) is 11.5 Å². The number of alkyl halides is 2. The molecular weight excluding hydrogens is 779 g/mol. The smallest absolute Gasteiger partial charge is 0.387 e. The second-order valence-electron chi connectivity index (χ2n) is 14.5. The van der Waals surface area contributed by atoms with Gasteiger partial charge in [0.05, 0.1) is 23.5 Å². The number of fused-ring (bicyclic) bond motifs is 4. The van der Waals surface area contributed by atoms with Gasteiger partial charge in [0, 0.05) is 35.3 Å². The van der Waals surface area contributed by atoms with Crippen LogP contribution in [0.4, 0.5) is 14.5 Å². The van der Waals surface area contributed by atoms with Crippen LogP contribution in [0.5, 0.6) is 11.5 Å². The fourth-order valence-electron chi connectivity index (χ4n) is 7.31. The molecule has 4 fully saturated rings. The van der Waals surface area contributed by atoms with Crippen molar-refractivity contribution in [2.75, 3.05) is 31.6 Å². The SMILES string of the molecule is C/C=C(Cl)\C(C[C@H](OC(=O)c1cccc(NC(C(=O)O[C@H]2CN3CCC2CC3)c2ccc3occc3c2)c1)c1ccc(OC(F)F)c(OCC2CC2)c1)=C(\Cl)C=N. The molecule has 3 saturated heterocycles. The van der Waals surface area contributed by atoms with Crippen molar-refractivity contribution < 1.29 is 41.7 Å². The van der Waals surface area contributed by atoms with Gasteiger partial charge in [-0.25, -0.2) is 9.59 Å². The van der Waals surface area contributed by atoms with Crippen LogP contribution in [0, 0.1) is 17.2 Å². The molecule has 14 heteroatoms. The molecule has 4 heterocycles. The van der Waals surface area contributed by atoms with Crippen LogP contribution in [0.15, 0.2) is 99.1 Å². The summed E-state index contributed by atoms with van der Waals surface area (Å²) in [6, 6.07) is 17.3. The zero-order valence-corrected chi connectivity index (χ0v) is 32.7. The maximum atomic E-state index is 14.1.